The highest BCUT2D eigenvalue weighted by Crippen LogP contribution is 2.12. The Morgan fingerprint density at radius 3 is 1.50 bits per heavy atom. The molecule has 0 unspecified atom stereocenters. The molecule has 5 heteroatoms. The lowest BCUT2D eigenvalue weighted by molar-refractivity contribution is -0.129. The van der Waals surface area contributed by atoms with Crippen molar-refractivity contribution in [1.29, 1.82) is 0 Å². The molecule has 2 amide bonds. The molecule has 0 saturated carbocycles. The molecule has 0 aliphatic carbocycles. The van der Waals surface area contributed by atoms with Crippen LogP contribution in [-0.2, 0) is 9.59 Å². The van der Waals surface area contributed by atoms with Crippen LogP contribution in [-0.4, -0.2) is 37.1 Å². The van der Waals surface area contributed by atoms with Crippen LogP contribution in [0.2, 0.25) is 0 Å². The summed E-state index contributed by atoms with van der Waals surface area (Å²) >= 11 is 0. The number of rotatable bonds is 2. The van der Waals surface area contributed by atoms with Crippen molar-refractivity contribution in [3.05, 3.63) is 0 Å². The van der Waals surface area contributed by atoms with E-state index < -0.39 is 0 Å². The highest BCUT2D eigenvalue weighted by Gasteiger charge is 2.20. The van der Waals surface area contributed by atoms with E-state index >= 15 is 0 Å². The maximum Gasteiger partial charge on any atom is 0.225 e. The van der Waals surface area contributed by atoms with Gasteiger partial charge in [-0.25, -0.2) is 0 Å². The predicted molar refractivity (Wildman–Crippen MR) is 73.1 cm³/mol. The smallest absolute Gasteiger partial charge is 0.225 e. The fourth-order valence-corrected chi connectivity index (χ4v) is 0.810. The lowest BCUT2D eigenvalue weighted by Gasteiger charge is -2.16. The third-order valence-corrected chi connectivity index (χ3v) is 1.99. The van der Waals surface area contributed by atoms with Gasteiger partial charge in [0.15, 0.2) is 0 Å². The van der Waals surface area contributed by atoms with Gasteiger partial charge in [0.25, 0.3) is 0 Å². The van der Waals surface area contributed by atoms with Crippen molar-refractivity contribution < 1.29 is 14.7 Å². The normalized spacial score (nSPS) is 11.1. The monoisotopic (exact) mass is 260 g/mol. The largest absolute Gasteiger partial charge is 0.395 e. The van der Waals surface area contributed by atoms with Gasteiger partial charge in [-0.2, -0.15) is 0 Å². The van der Waals surface area contributed by atoms with Gasteiger partial charge in [-0.15, -0.1) is 0 Å². The molecule has 0 aromatic rings. The van der Waals surface area contributed by atoms with Crippen LogP contribution in [0.15, 0.2) is 0 Å². The summed E-state index contributed by atoms with van der Waals surface area (Å²) in [5, 5.41) is 13.5. The SMILES string of the molecule is CC(C)(C)C(=O)NCCO.CNC(=O)C(C)(C)C. The summed E-state index contributed by atoms with van der Waals surface area (Å²) in [7, 11) is 1.65. The molecular formula is C13H28N2O3. The first-order valence-corrected chi connectivity index (χ1v) is 6.08. The molecule has 0 aliphatic heterocycles. The van der Waals surface area contributed by atoms with E-state index in [1.54, 1.807) is 7.05 Å². The van der Waals surface area contributed by atoms with Gasteiger partial charge in [-0.1, -0.05) is 41.5 Å². The number of nitrogens with one attached hydrogen (secondary N) is 2. The van der Waals surface area contributed by atoms with Crippen molar-refractivity contribution >= 4 is 11.8 Å². The number of carbonyl (C=O) groups is 2. The maximum atomic E-state index is 11.0. The van der Waals surface area contributed by atoms with Crippen LogP contribution in [0.4, 0.5) is 0 Å². The van der Waals surface area contributed by atoms with Crippen molar-refractivity contribution in [3.63, 3.8) is 0 Å². The Labute approximate surface area is 110 Å². The number of aliphatic hydroxyl groups is 1. The molecule has 0 aliphatic rings. The van der Waals surface area contributed by atoms with Crippen LogP contribution in [0.25, 0.3) is 0 Å². The fraction of sp³-hybridized carbons (Fsp3) is 0.846. The standard InChI is InChI=1S/C7H15NO2.C6H13NO/c1-7(2,3)6(10)8-4-5-9;1-6(2,3)5(8)7-4/h9H,4-5H2,1-3H3,(H,8,10);1-4H3,(H,7,8). The van der Waals surface area contributed by atoms with Gasteiger partial charge in [-0.3, -0.25) is 9.59 Å². The van der Waals surface area contributed by atoms with E-state index in [1.165, 1.54) is 0 Å². The van der Waals surface area contributed by atoms with Crippen LogP contribution < -0.4 is 10.6 Å². The van der Waals surface area contributed by atoms with E-state index in [-0.39, 0.29) is 29.3 Å². The Hall–Kier alpha value is -1.10. The molecule has 0 rings (SSSR count). The zero-order chi connectivity index (χ0) is 15.0. The summed E-state index contributed by atoms with van der Waals surface area (Å²) in [6, 6.07) is 0. The third-order valence-electron chi connectivity index (χ3n) is 1.99. The van der Waals surface area contributed by atoms with E-state index in [2.05, 4.69) is 10.6 Å². The molecule has 0 fully saturated rings. The van der Waals surface area contributed by atoms with Crippen LogP contribution in [0.1, 0.15) is 41.5 Å². The summed E-state index contributed by atoms with van der Waals surface area (Å²) in [6.07, 6.45) is 0. The Bertz CT molecular complexity index is 262. The van der Waals surface area contributed by atoms with Gasteiger partial charge >= 0.3 is 0 Å². The zero-order valence-electron chi connectivity index (χ0n) is 12.7. The molecule has 0 saturated heterocycles. The van der Waals surface area contributed by atoms with E-state index in [1.807, 2.05) is 41.5 Å². The molecule has 0 heterocycles. The minimum Gasteiger partial charge on any atom is -0.395 e. The van der Waals surface area contributed by atoms with Gasteiger partial charge in [0.1, 0.15) is 0 Å². The predicted octanol–water partition coefficient (Wildman–Crippen LogP) is 0.919. The molecule has 0 aromatic heterocycles. The molecule has 18 heavy (non-hydrogen) atoms. The Balaban J connectivity index is 0. The second-order valence-corrected chi connectivity index (χ2v) is 6.06. The van der Waals surface area contributed by atoms with Crippen LogP contribution in [0, 0.1) is 10.8 Å². The molecular weight excluding hydrogens is 232 g/mol. The highest BCUT2D eigenvalue weighted by atomic mass is 16.3. The van der Waals surface area contributed by atoms with Gasteiger partial charge < -0.3 is 15.7 Å². The average Bonchev–Trinajstić information content (AvgIpc) is 2.22. The lowest BCUT2D eigenvalue weighted by atomic mass is 9.96. The molecule has 0 aromatic carbocycles. The maximum absolute atomic E-state index is 11.0. The number of amides is 2. The first-order chi connectivity index (χ1) is 7.96. The summed E-state index contributed by atoms with van der Waals surface area (Å²) in [4.78, 5) is 21.7. The molecule has 5 nitrogen and oxygen atoms in total. The molecule has 0 radical (unpaired) electrons. The second-order valence-electron chi connectivity index (χ2n) is 6.06. The first kappa shape index (κ1) is 19.2. The van der Waals surface area contributed by atoms with Crippen LogP contribution >= 0.6 is 0 Å². The first-order valence-electron chi connectivity index (χ1n) is 6.08. The Kier molecular flexibility index (Phi) is 8.64. The fourth-order valence-electron chi connectivity index (χ4n) is 0.810. The average molecular weight is 260 g/mol. The minimum atomic E-state index is -0.352. The van der Waals surface area contributed by atoms with Crippen molar-refractivity contribution in [2.24, 2.45) is 10.8 Å². The summed E-state index contributed by atoms with van der Waals surface area (Å²) in [6.45, 7) is 11.5. The minimum absolute atomic E-state index is 0.00181. The summed E-state index contributed by atoms with van der Waals surface area (Å²) < 4.78 is 0. The van der Waals surface area contributed by atoms with Crippen molar-refractivity contribution in [1.82, 2.24) is 10.6 Å². The lowest BCUT2D eigenvalue weighted by Crippen LogP contribution is -2.36. The molecule has 0 spiro atoms. The third kappa shape index (κ3) is 10.1. The van der Waals surface area contributed by atoms with Gasteiger partial charge in [0.05, 0.1) is 6.61 Å². The number of carbonyl (C=O) groups excluding carboxylic acids is 2. The molecule has 0 bridgehead atoms. The van der Waals surface area contributed by atoms with E-state index in [4.69, 9.17) is 5.11 Å². The zero-order valence-corrected chi connectivity index (χ0v) is 12.7. The number of aliphatic hydroxyl groups excluding tert-OH is 1. The van der Waals surface area contributed by atoms with Crippen molar-refractivity contribution in [3.8, 4) is 0 Å². The number of hydrogen-bond acceptors (Lipinski definition) is 3. The summed E-state index contributed by atoms with van der Waals surface area (Å²) in [5.41, 5.74) is -0.593. The highest BCUT2D eigenvalue weighted by molar-refractivity contribution is 5.81. The quantitative estimate of drug-likeness (QED) is 0.691. The van der Waals surface area contributed by atoms with Crippen LogP contribution in [0.3, 0.4) is 0 Å². The Morgan fingerprint density at radius 1 is 0.944 bits per heavy atom. The number of hydrogen-bond donors (Lipinski definition) is 3. The van der Waals surface area contributed by atoms with Gasteiger partial charge in [-0.05, 0) is 0 Å². The van der Waals surface area contributed by atoms with E-state index in [0.29, 0.717) is 6.54 Å². The molecule has 3 N–H and O–H groups in total. The van der Waals surface area contributed by atoms with E-state index in [0.717, 1.165) is 0 Å². The van der Waals surface area contributed by atoms with E-state index in [9.17, 15) is 9.59 Å². The Morgan fingerprint density at radius 2 is 1.33 bits per heavy atom. The van der Waals surface area contributed by atoms with Gasteiger partial charge in [0.2, 0.25) is 11.8 Å². The van der Waals surface area contributed by atoms with Crippen molar-refractivity contribution in [2.45, 2.75) is 41.5 Å². The summed E-state index contributed by atoms with van der Waals surface area (Å²) in [5.74, 6) is 0.0547. The van der Waals surface area contributed by atoms with Gasteiger partial charge in [0, 0.05) is 24.4 Å². The van der Waals surface area contributed by atoms with Crippen LogP contribution in [0.5, 0.6) is 0 Å². The second kappa shape index (κ2) is 8.08. The van der Waals surface area contributed by atoms with Crippen molar-refractivity contribution in [2.75, 3.05) is 20.2 Å². The molecule has 108 valence electrons. The molecule has 0 atom stereocenters. The topological polar surface area (TPSA) is 78.4 Å².